The van der Waals surface area contributed by atoms with Crippen molar-refractivity contribution >= 4 is 37.4 Å². The number of fused-ring (bicyclic) bond motifs is 1. The molecule has 1 saturated heterocycles. The van der Waals surface area contributed by atoms with Gasteiger partial charge in [0, 0.05) is 11.3 Å². The molecule has 1 aromatic carbocycles. The standard InChI is InChI=1S/C13H13BrOS/c14-13(11-5-3-7-15-11)10-8-16-12-6-2-1-4-9(10)12/h1-2,4,6,8,11,13H,3,5,7H2. The van der Waals surface area contributed by atoms with Crippen LogP contribution in [-0.4, -0.2) is 12.7 Å². The molecule has 1 aliphatic rings. The minimum absolute atomic E-state index is 0.339. The maximum atomic E-state index is 5.75. The van der Waals surface area contributed by atoms with E-state index in [9.17, 15) is 0 Å². The third-order valence-electron chi connectivity index (χ3n) is 3.10. The van der Waals surface area contributed by atoms with E-state index in [1.807, 2.05) is 11.3 Å². The van der Waals surface area contributed by atoms with Gasteiger partial charge in [-0.1, -0.05) is 34.1 Å². The molecule has 2 unspecified atom stereocenters. The van der Waals surface area contributed by atoms with Crippen LogP contribution in [-0.2, 0) is 4.74 Å². The van der Waals surface area contributed by atoms with Crippen molar-refractivity contribution < 1.29 is 4.74 Å². The normalized spacial score (nSPS) is 22.7. The minimum atomic E-state index is 0.339. The van der Waals surface area contributed by atoms with E-state index in [1.165, 1.54) is 28.5 Å². The molecule has 2 aromatic rings. The topological polar surface area (TPSA) is 9.23 Å². The lowest BCUT2D eigenvalue weighted by atomic mass is 10.0. The van der Waals surface area contributed by atoms with E-state index in [-0.39, 0.29) is 0 Å². The van der Waals surface area contributed by atoms with Crippen molar-refractivity contribution in [2.75, 3.05) is 6.61 Å². The first-order chi connectivity index (χ1) is 7.86. The van der Waals surface area contributed by atoms with Crippen LogP contribution in [0.25, 0.3) is 10.1 Å². The van der Waals surface area contributed by atoms with Gasteiger partial charge in [0.05, 0.1) is 10.9 Å². The van der Waals surface area contributed by atoms with Gasteiger partial charge in [-0.25, -0.2) is 0 Å². The Balaban J connectivity index is 1.98. The molecule has 0 radical (unpaired) electrons. The highest BCUT2D eigenvalue weighted by Crippen LogP contribution is 2.39. The first-order valence-electron chi connectivity index (χ1n) is 5.58. The molecule has 1 aromatic heterocycles. The molecule has 3 heteroatoms. The van der Waals surface area contributed by atoms with E-state index < -0.39 is 0 Å². The lowest BCUT2D eigenvalue weighted by Crippen LogP contribution is -2.11. The van der Waals surface area contributed by atoms with Crippen LogP contribution >= 0.6 is 27.3 Å². The van der Waals surface area contributed by atoms with E-state index in [0.29, 0.717) is 10.9 Å². The predicted molar refractivity (Wildman–Crippen MR) is 72.5 cm³/mol. The van der Waals surface area contributed by atoms with E-state index >= 15 is 0 Å². The lowest BCUT2D eigenvalue weighted by Gasteiger charge is -2.16. The number of ether oxygens (including phenoxy) is 1. The highest BCUT2D eigenvalue weighted by atomic mass is 79.9. The molecule has 0 N–H and O–H groups in total. The van der Waals surface area contributed by atoms with Crippen LogP contribution in [0.4, 0.5) is 0 Å². The molecular formula is C13H13BrOS. The third-order valence-corrected chi connectivity index (χ3v) is 5.16. The summed E-state index contributed by atoms with van der Waals surface area (Å²) in [7, 11) is 0. The summed E-state index contributed by atoms with van der Waals surface area (Å²) in [6.45, 7) is 0.912. The van der Waals surface area contributed by atoms with Crippen molar-refractivity contribution in [3.63, 3.8) is 0 Å². The lowest BCUT2D eigenvalue weighted by molar-refractivity contribution is 0.111. The van der Waals surface area contributed by atoms with E-state index in [4.69, 9.17) is 4.74 Å². The van der Waals surface area contributed by atoms with Crippen molar-refractivity contribution in [1.82, 2.24) is 0 Å². The Hall–Kier alpha value is -0.380. The second-order valence-corrected chi connectivity index (χ2v) is 6.04. The first kappa shape index (κ1) is 10.8. The van der Waals surface area contributed by atoms with Crippen LogP contribution in [0.1, 0.15) is 23.2 Å². The summed E-state index contributed by atoms with van der Waals surface area (Å²) < 4.78 is 7.11. The predicted octanol–water partition coefficient (Wildman–Crippen LogP) is 4.52. The molecule has 1 aliphatic heterocycles. The second-order valence-electron chi connectivity index (χ2n) is 4.14. The van der Waals surface area contributed by atoms with Gasteiger partial charge in [-0.2, -0.15) is 0 Å². The number of halogens is 1. The molecule has 0 amide bonds. The summed E-state index contributed by atoms with van der Waals surface area (Å²) in [6.07, 6.45) is 2.70. The van der Waals surface area contributed by atoms with Gasteiger partial charge in [0.1, 0.15) is 0 Å². The Morgan fingerprint density at radius 2 is 2.25 bits per heavy atom. The molecule has 2 atom stereocenters. The van der Waals surface area contributed by atoms with Crippen molar-refractivity contribution in [3.05, 3.63) is 35.2 Å². The Labute approximate surface area is 108 Å². The molecule has 3 rings (SSSR count). The fourth-order valence-corrected chi connectivity index (χ4v) is 4.21. The number of hydrogen-bond donors (Lipinski definition) is 0. The summed E-state index contributed by atoms with van der Waals surface area (Å²) in [5.41, 5.74) is 1.38. The fourth-order valence-electron chi connectivity index (χ4n) is 2.25. The Bertz CT molecular complexity index is 487. The second kappa shape index (κ2) is 4.47. The van der Waals surface area contributed by atoms with Gasteiger partial charge in [-0.05, 0) is 35.2 Å². The molecular weight excluding hydrogens is 284 g/mol. The molecule has 16 heavy (non-hydrogen) atoms. The molecule has 0 spiro atoms. The van der Waals surface area contributed by atoms with Gasteiger partial charge in [0.25, 0.3) is 0 Å². The Morgan fingerprint density at radius 3 is 3.06 bits per heavy atom. The van der Waals surface area contributed by atoms with E-state index in [1.54, 1.807) is 0 Å². The Morgan fingerprint density at radius 1 is 1.38 bits per heavy atom. The monoisotopic (exact) mass is 296 g/mol. The summed E-state index contributed by atoms with van der Waals surface area (Å²) in [5, 5.41) is 3.62. The maximum Gasteiger partial charge on any atom is 0.0742 e. The van der Waals surface area contributed by atoms with Crippen molar-refractivity contribution in [2.45, 2.75) is 23.8 Å². The molecule has 84 valence electrons. The van der Waals surface area contributed by atoms with E-state index in [0.717, 1.165) is 6.61 Å². The van der Waals surface area contributed by atoms with Gasteiger partial charge < -0.3 is 4.74 Å². The van der Waals surface area contributed by atoms with Crippen LogP contribution in [0, 0.1) is 0 Å². The zero-order valence-electron chi connectivity index (χ0n) is 8.86. The summed E-state index contributed by atoms with van der Waals surface area (Å²) in [6, 6.07) is 8.58. The molecule has 1 fully saturated rings. The summed E-state index contributed by atoms with van der Waals surface area (Å²) in [5.74, 6) is 0. The molecule has 2 heterocycles. The molecule has 0 saturated carbocycles. The number of alkyl halides is 1. The van der Waals surface area contributed by atoms with Crippen LogP contribution in [0.5, 0.6) is 0 Å². The largest absolute Gasteiger partial charge is 0.377 e. The van der Waals surface area contributed by atoms with Crippen molar-refractivity contribution in [2.24, 2.45) is 0 Å². The number of hydrogen-bond acceptors (Lipinski definition) is 2. The van der Waals surface area contributed by atoms with Crippen LogP contribution < -0.4 is 0 Å². The highest BCUT2D eigenvalue weighted by Gasteiger charge is 2.26. The van der Waals surface area contributed by atoms with Crippen molar-refractivity contribution in [1.29, 1.82) is 0 Å². The minimum Gasteiger partial charge on any atom is -0.377 e. The van der Waals surface area contributed by atoms with Gasteiger partial charge in [0.15, 0.2) is 0 Å². The van der Waals surface area contributed by atoms with Gasteiger partial charge in [-0.3, -0.25) is 0 Å². The summed E-state index contributed by atoms with van der Waals surface area (Å²) in [4.78, 5) is 0.339. The quantitative estimate of drug-likeness (QED) is 0.741. The van der Waals surface area contributed by atoms with Crippen molar-refractivity contribution in [3.8, 4) is 0 Å². The Kier molecular flexibility index (Phi) is 3.01. The maximum absolute atomic E-state index is 5.75. The zero-order valence-corrected chi connectivity index (χ0v) is 11.3. The fraction of sp³-hybridized carbons (Fsp3) is 0.385. The average molecular weight is 297 g/mol. The number of benzene rings is 1. The zero-order chi connectivity index (χ0) is 11.0. The summed E-state index contributed by atoms with van der Waals surface area (Å²) >= 11 is 5.61. The average Bonchev–Trinajstić information content (AvgIpc) is 2.98. The van der Waals surface area contributed by atoms with Crippen LogP contribution in [0.15, 0.2) is 29.6 Å². The van der Waals surface area contributed by atoms with E-state index in [2.05, 4.69) is 45.6 Å². The smallest absolute Gasteiger partial charge is 0.0742 e. The van der Waals surface area contributed by atoms with Crippen LogP contribution in [0.3, 0.4) is 0 Å². The van der Waals surface area contributed by atoms with Gasteiger partial charge in [-0.15, -0.1) is 11.3 Å². The molecule has 0 bridgehead atoms. The highest BCUT2D eigenvalue weighted by molar-refractivity contribution is 9.09. The van der Waals surface area contributed by atoms with Crippen LogP contribution in [0.2, 0.25) is 0 Å². The van der Waals surface area contributed by atoms with Gasteiger partial charge in [0.2, 0.25) is 0 Å². The number of rotatable bonds is 2. The molecule has 0 aliphatic carbocycles. The SMILES string of the molecule is BrC(c1csc2ccccc12)C1CCCO1. The molecule has 1 nitrogen and oxygen atoms in total. The third kappa shape index (κ3) is 1.81. The first-order valence-corrected chi connectivity index (χ1v) is 7.37. The van der Waals surface area contributed by atoms with Gasteiger partial charge >= 0.3 is 0 Å². The number of thiophene rings is 1.